The fourth-order valence-corrected chi connectivity index (χ4v) is 2.71. The predicted molar refractivity (Wildman–Crippen MR) is 89.7 cm³/mol. The van der Waals surface area contributed by atoms with E-state index in [0.29, 0.717) is 12.6 Å². The maximum atomic E-state index is 12.3. The number of amides is 1. The van der Waals surface area contributed by atoms with Crippen LogP contribution < -0.4 is 5.32 Å². The van der Waals surface area contributed by atoms with Crippen molar-refractivity contribution in [3.05, 3.63) is 36.5 Å². The Morgan fingerprint density at radius 2 is 1.96 bits per heavy atom. The number of aliphatic carboxylic acids is 1. The zero-order chi connectivity index (χ0) is 19.3. The standard InChI is InChI=1S/C15H19N3O.C2HF3O2/c1-17(13-6-8-16-10-13)15(19)11-18-9-7-12-4-2-3-5-14(12)18;3-2(4,5)1(6)7/h2-5,7,9,13,16H,6,8,10-11H2,1H3;(H,6,7)/t13-;/m0./s1. The van der Waals surface area contributed by atoms with Crippen molar-refractivity contribution in [2.45, 2.75) is 25.2 Å². The maximum Gasteiger partial charge on any atom is 0.490 e. The molecule has 0 unspecified atom stereocenters. The van der Waals surface area contributed by atoms with Crippen LogP contribution in [0.15, 0.2) is 36.5 Å². The van der Waals surface area contributed by atoms with E-state index in [-0.39, 0.29) is 5.91 Å². The van der Waals surface area contributed by atoms with Crippen molar-refractivity contribution in [3.8, 4) is 0 Å². The van der Waals surface area contributed by atoms with Gasteiger partial charge < -0.3 is 19.9 Å². The fraction of sp³-hybridized carbons (Fsp3) is 0.412. The molecule has 1 saturated heterocycles. The minimum Gasteiger partial charge on any atom is -0.475 e. The largest absolute Gasteiger partial charge is 0.490 e. The lowest BCUT2D eigenvalue weighted by molar-refractivity contribution is -0.192. The summed E-state index contributed by atoms with van der Waals surface area (Å²) in [6.45, 7) is 2.34. The minimum atomic E-state index is -5.08. The molecule has 0 bridgehead atoms. The highest BCUT2D eigenvalue weighted by Gasteiger charge is 2.38. The number of fused-ring (bicyclic) bond motifs is 1. The molecule has 142 valence electrons. The minimum absolute atomic E-state index is 0.176. The number of hydrogen-bond donors (Lipinski definition) is 2. The van der Waals surface area contributed by atoms with Crippen LogP contribution in [-0.2, 0) is 16.1 Å². The molecule has 1 aliphatic heterocycles. The van der Waals surface area contributed by atoms with Crippen molar-refractivity contribution in [1.82, 2.24) is 14.8 Å². The average Bonchev–Trinajstić information content (AvgIpc) is 3.24. The van der Waals surface area contributed by atoms with Gasteiger partial charge in [0.1, 0.15) is 6.54 Å². The Bertz CT molecular complexity index is 767. The first-order valence-corrected chi connectivity index (χ1v) is 8.00. The molecule has 6 nitrogen and oxygen atoms in total. The summed E-state index contributed by atoms with van der Waals surface area (Å²) in [6, 6.07) is 10.5. The van der Waals surface area contributed by atoms with E-state index in [4.69, 9.17) is 9.90 Å². The molecule has 0 aliphatic carbocycles. The summed E-state index contributed by atoms with van der Waals surface area (Å²) in [5.74, 6) is -2.58. The zero-order valence-corrected chi connectivity index (χ0v) is 14.2. The first-order chi connectivity index (χ1) is 12.2. The molecule has 26 heavy (non-hydrogen) atoms. The van der Waals surface area contributed by atoms with Crippen molar-refractivity contribution in [1.29, 1.82) is 0 Å². The van der Waals surface area contributed by atoms with Gasteiger partial charge in [-0.1, -0.05) is 18.2 Å². The van der Waals surface area contributed by atoms with E-state index in [1.807, 2.05) is 34.8 Å². The summed E-state index contributed by atoms with van der Waals surface area (Å²) >= 11 is 0. The van der Waals surface area contributed by atoms with E-state index >= 15 is 0 Å². The van der Waals surface area contributed by atoms with Gasteiger partial charge in [-0.3, -0.25) is 4.79 Å². The van der Waals surface area contributed by atoms with Crippen LogP contribution in [0.3, 0.4) is 0 Å². The molecule has 1 fully saturated rings. The van der Waals surface area contributed by atoms with E-state index in [0.717, 1.165) is 25.0 Å². The summed E-state index contributed by atoms with van der Waals surface area (Å²) < 4.78 is 33.8. The number of aromatic nitrogens is 1. The van der Waals surface area contributed by atoms with Gasteiger partial charge >= 0.3 is 12.1 Å². The van der Waals surface area contributed by atoms with Gasteiger partial charge in [0.25, 0.3) is 0 Å². The topological polar surface area (TPSA) is 74.6 Å². The number of para-hydroxylation sites is 1. The summed E-state index contributed by atoms with van der Waals surface area (Å²) in [5.41, 5.74) is 1.12. The fourth-order valence-electron chi connectivity index (χ4n) is 2.71. The number of rotatable bonds is 3. The Kier molecular flexibility index (Phi) is 6.25. The van der Waals surface area contributed by atoms with E-state index in [2.05, 4.69) is 23.5 Å². The normalized spacial score (nSPS) is 16.8. The monoisotopic (exact) mass is 371 g/mol. The van der Waals surface area contributed by atoms with Crippen LogP contribution in [0.1, 0.15) is 6.42 Å². The second-order valence-electron chi connectivity index (χ2n) is 5.96. The molecule has 1 aliphatic rings. The van der Waals surface area contributed by atoms with Crippen LogP contribution >= 0.6 is 0 Å². The van der Waals surface area contributed by atoms with Gasteiger partial charge in [-0.25, -0.2) is 4.79 Å². The van der Waals surface area contributed by atoms with Crippen molar-refractivity contribution in [3.63, 3.8) is 0 Å². The van der Waals surface area contributed by atoms with E-state index in [1.165, 1.54) is 5.39 Å². The Morgan fingerprint density at radius 1 is 1.31 bits per heavy atom. The molecule has 0 spiro atoms. The van der Waals surface area contributed by atoms with Gasteiger partial charge in [0, 0.05) is 31.3 Å². The van der Waals surface area contributed by atoms with Crippen LogP contribution in [0, 0.1) is 0 Å². The number of nitrogens with zero attached hydrogens (tertiary/aromatic N) is 2. The third kappa shape index (κ3) is 4.98. The number of carboxylic acid groups (broad SMARTS) is 1. The molecule has 1 amide bonds. The van der Waals surface area contributed by atoms with Crippen LogP contribution in [0.2, 0.25) is 0 Å². The van der Waals surface area contributed by atoms with Gasteiger partial charge in [0.2, 0.25) is 5.91 Å². The maximum absolute atomic E-state index is 12.3. The number of carboxylic acids is 1. The Hall–Kier alpha value is -2.55. The number of nitrogens with one attached hydrogen (secondary N) is 1. The highest BCUT2D eigenvalue weighted by Crippen LogP contribution is 2.16. The molecule has 0 saturated carbocycles. The number of likely N-dealkylation sites (N-methyl/N-ethyl adjacent to an activating group) is 1. The molecular weight excluding hydrogens is 351 g/mol. The van der Waals surface area contributed by atoms with E-state index in [9.17, 15) is 18.0 Å². The van der Waals surface area contributed by atoms with Crippen LogP contribution in [0.5, 0.6) is 0 Å². The van der Waals surface area contributed by atoms with Crippen LogP contribution in [0.25, 0.3) is 10.9 Å². The molecule has 9 heteroatoms. The van der Waals surface area contributed by atoms with Gasteiger partial charge in [-0.15, -0.1) is 0 Å². The molecule has 1 aromatic carbocycles. The number of hydrogen-bond acceptors (Lipinski definition) is 3. The first-order valence-electron chi connectivity index (χ1n) is 8.00. The molecule has 2 heterocycles. The van der Waals surface area contributed by atoms with Gasteiger partial charge in [0.15, 0.2) is 0 Å². The Labute approximate surface area is 148 Å². The van der Waals surface area contributed by atoms with Crippen molar-refractivity contribution in [2.75, 3.05) is 20.1 Å². The predicted octanol–water partition coefficient (Wildman–Crippen LogP) is 2.09. The number of carbonyl (C=O) groups is 2. The van der Waals surface area contributed by atoms with Crippen LogP contribution in [-0.4, -0.2) is 58.8 Å². The third-order valence-corrected chi connectivity index (χ3v) is 4.20. The first kappa shape index (κ1) is 19.8. The number of halogens is 3. The van der Waals surface area contributed by atoms with Gasteiger partial charge in [-0.2, -0.15) is 13.2 Å². The van der Waals surface area contributed by atoms with Crippen LogP contribution in [0.4, 0.5) is 13.2 Å². The van der Waals surface area contributed by atoms with Crippen molar-refractivity contribution in [2.24, 2.45) is 0 Å². The van der Waals surface area contributed by atoms with Gasteiger partial charge in [0.05, 0.1) is 0 Å². The zero-order valence-electron chi connectivity index (χ0n) is 14.2. The Balaban J connectivity index is 0.000000298. The Morgan fingerprint density at radius 3 is 2.54 bits per heavy atom. The lowest BCUT2D eigenvalue weighted by Gasteiger charge is -2.24. The average molecular weight is 371 g/mol. The number of carbonyl (C=O) groups excluding carboxylic acids is 1. The summed E-state index contributed by atoms with van der Waals surface area (Å²) in [4.78, 5) is 23.1. The SMILES string of the molecule is CN(C(=O)Cn1ccc2ccccc21)[C@H]1CCNC1.O=C(O)C(F)(F)F. The lowest BCUT2D eigenvalue weighted by Crippen LogP contribution is -2.40. The molecule has 0 radical (unpaired) electrons. The highest BCUT2D eigenvalue weighted by atomic mass is 19.4. The second-order valence-corrected chi connectivity index (χ2v) is 5.96. The third-order valence-electron chi connectivity index (χ3n) is 4.20. The summed E-state index contributed by atoms with van der Waals surface area (Å²) in [5, 5.41) is 11.6. The summed E-state index contributed by atoms with van der Waals surface area (Å²) in [6.07, 6.45) is -2.04. The molecular formula is C17H20F3N3O3. The van der Waals surface area contributed by atoms with E-state index in [1.54, 1.807) is 0 Å². The lowest BCUT2D eigenvalue weighted by atomic mass is 10.2. The quantitative estimate of drug-likeness (QED) is 0.867. The molecule has 1 atom stereocenters. The number of alkyl halides is 3. The molecule has 2 N–H and O–H groups in total. The van der Waals surface area contributed by atoms with Crippen molar-refractivity contribution < 1.29 is 27.9 Å². The van der Waals surface area contributed by atoms with Gasteiger partial charge in [-0.05, 0) is 30.5 Å². The van der Waals surface area contributed by atoms with Crippen molar-refractivity contribution >= 4 is 22.8 Å². The highest BCUT2D eigenvalue weighted by molar-refractivity contribution is 5.83. The number of benzene rings is 1. The second kappa shape index (κ2) is 8.22. The summed E-state index contributed by atoms with van der Waals surface area (Å²) in [7, 11) is 1.91. The smallest absolute Gasteiger partial charge is 0.475 e. The molecule has 3 rings (SSSR count). The molecule has 1 aromatic heterocycles. The molecule has 2 aromatic rings. The van der Waals surface area contributed by atoms with E-state index < -0.39 is 12.1 Å².